The van der Waals surface area contributed by atoms with Gasteiger partial charge in [0.15, 0.2) is 0 Å². The van der Waals surface area contributed by atoms with Crippen molar-refractivity contribution in [2.75, 3.05) is 13.1 Å². The highest BCUT2D eigenvalue weighted by atomic mass is 16.4. The summed E-state index contributed by atoms with van der Waals surface area (Å²) in [5.41, 5.74) is 0. The van der Waals surface area contributed by atoms with Gasteiger partial charge in [-0.2, -0.15) is 0 Å². The Morgan fingerprint density at radius 1 is 1.40 bits per heavy atom. The van der Waals surface area contributed by atoms with Gasteiger partial charge in [-0.3, -0.25) is 4.90 Å². The minimum atomic E-state index is -1.09. The molecule has 52 valence electrons. The van der Waals surface area contributed by atoms with Gasteiger partial charge in [-0.15, -0.1) is 12.8 Å². The van der Waals surface area contributed by atoms with E-state index >= 15 is 0 Å². The molecule has 1 N–H and O–H groups in total. The lowest BCUT2D eigenvalue weighted by Gasteiger charge is -2.10. The Kier molecular flexibility index (Phi) is 3.60. The average molecular weight is 137 g/mol. The minimum Gasteiger partial charge on any atom is -0.465 e. The molecule has 0 aliphatic heterocycles. The number of hydrogen-bond donors (Lipinski definition) is 1. The summed E-state index contributed by atoms with van der Waals surface area (Å²) < 4.78 is 0. The molecule has 0 saturated heterocycles. The Morgan fingerprint density at radius 3 is 2.00 bits per heavy atom. The normalized spacial score (nSPS) is 7.40. The number of rotatable bonds is 2. The Bertz CT molecular complexity index is 181. The van der Waals surface area contributed by atoms with Crippen molar-refractivity contribution in [2.45, 2.75) is 0 Å². The SMILES string of the molecule is C#CCN(CC#C)C(=O)O. The summed E-state index contributed by atoms with van der Waals surface area (Å²) in [6, 6.07) is 0. The molecule has 1 amide bonds. The third-order valence-corrected chi connectivity index (χ3v) is 0.835. The molecular formula is C7H7NO2. The van der Waals surface area contributed by atoms with Gasteiger partial charge in [0.2, 0.25) is 0 Å². The van der Waals surface area contributed by atoms with Crippen LogP contribution in [-0.2, 0) is 0 Å². The van der Waals surface area contributed by atoms with E-state index in [2.05, 4.69) is 11.8 Å². The standard InChI is InChI=1S/C7H7NO2/c1-3-5-8(6-4-2)7(9)10/h1-2H,5-6H2,(H,9,10). The molecular weight excluding hydrogens is 130 g/mol. The first-order valence-corrected chi connectivity index (χ1v) is 2.57. The number of amides is 1. The smallest absolute Gasteiger partial charge is 0.408 e. The van der Waals surface area contributed by atoms with E-state index < -0.39 is 6.09 Å². The third kappa shape index (κ3) is 2.64. The number of nitrogens with zero attached hydrogens (tertiary/aromatic N) is 1. The molecule has 0 spiro atoms. The molecule has 3 heteroatoms. The monoisotopic (exact) mass is 137 g/mol. The van der Waals surface area contributed by atoms with Gasteiger partial charge in [0.25, 0.3) is 0 Å². The van der Waals surface area contributed by atoms with Crippen LogP contribution in [0.25, 0.3) is 0 Å². The second-order valence-electron chi connectivity index (χ2n) is 1.55. The number of carbonyl (C=O) groups is 1. The van der Waals surface area contributed by atoms with E-state index in [0.717, 1.165) is 4.90 Å². The van der Waals surface area contributed by atoms with Crippen LogP contribution >= 0.6 is 0 Å². The first-order chi connectivity index (χ1) is 4.72. The van der Waals surface area contributed by atoms with Gasteiger partial charge < -0.3 is 5.11 Å². The Morgan fingerprint density at radius 2 is 1.80 bits per heavy atom. The molecule has 0 saturated carbocycles. The third-order valence-electron chi connectivity index (χ3n) is 0.835. The van der Waals surface area contributed by atoms with E-state index in [1.165, 1.54) is 0 Å². The molecule has 0 unspecified atom stereocenters. The molecule has 0 aromatic carbocycles. The fourth-order valence-corrected chi connectivity index (χ4v) is 0.412. The van der Waals surface area contributed by atoms with Gasteiger partial charge in [0, 0.05) is 0 Å². The van der Waals surface area contributed by atoms with Crippen LogP contribution in [0.2, 0.25) is 0 Å². The lowest BCUT2D eigenvalue weighted by molar-refractivity contribution is 0.156. The maximum Gasteiger partial charge on any atom is 0.408 e. The summed E-state index contributed by atoms with van der Waals surface area (Å²) in [5.74, 6) is 4.37. The number of terminal acetylenes is 2. The van der Waals surface area contributed by atoms with Crippen LogP contribution < -0.4 is 0 Å². The van der Waals surface area contributed by atoms with Gasteiger partial charge in [-0.25, -0.2) is 4.79 Å². The lowest BCUT2D eigenvalue weighted by Crippen LogP contribution is -2.29. The molecule has 0 aliphatic carbocycles. The van der Waals surface area contributed by atoms with Crippen molar-refractivity contribution in [2.24, 2.45) is 0 Å². The molecule has 0 radical (unpaired) electrons. The summed E-state index contributed by atoms with van der Waals surface area (Å²) in [6.07, 6.45) is 8.66. The van der Waals surface area contributed by atoms with Crippen molar-refractivity contribution in [3.63, 3.8) is 0 Å². The molecule has 0 heterocycles. The maximum atomic E-state index is 10.2. The van der Waals surface area contributed by atoms with Crippen LogP contribution in [0.5, 0.6) is 0 Å². The van der Waals surface area contributed by atoms with Gasteiger partial charge in [-0.1, -0.05) is 11.8 Å². The van der Waals surface area contributed by atoms with Crippen molar-refractivity contribution >= 4 is 6.09 Å². The highest BCUT2D eigenvalue weighted by Crippen LogP contribution is 1.85. The van der Waals surface area contributed by atoms with Crippen LogP contribution in [-0.4, -0.2) is 29.2 Å². The Labute approximate surface area is 59.6 Å². The highest BCUT2D eigenvalue weighted by Gasteiger charge is 2.06. The van der Waals surface area contributed by atoms with Gasteiger partial charge >= 0.3 is 6.09 Å². The second kappa shape index (κ2) is 4.29. The predicted octanol–water partition coefficient (Wildman–Crippen LogP) is 0.233. The zero-order valence-electron chi connectivity index (χ0n) is 5.37. The topological polar surface area (TPSA) is 40.5 Å². The van der Waals surface area contributed by atoms with Gasteiger partial charge in [-0.05, 0) is 0 Å². The average Bonchev–Trinajstić information content (AvgIpc) is 1.87. The van der Waals surface area contributed by atoms with Crippen molar-refractivity contribution in [3.05, 3.63) is 0 Å². The van der Waals surface area contributed by atoms with E-state index in [1.807, 2.05) is 0 Å². The van der Waals surface area contributed by atoms with Crippen molar-refractivity contribution in [3.8, 4) is 24.7 Å². The molecule has 10 heavy (non-hydrogen) atoms. The summed E-state index contributed by atoms with van der Waals surface area (Å²) >= 11 is 0. The van der Waals surface area contributed by atoms with E-state index in [0.29, 0.717) is 0 Å². The van der Waals surface area contributed by atoms with Crippen LogP contribution in [0.15, 0.2) is 0 Å². The van der Waals surface area contributed by atoms with Crippen LogP contribution in [0.4, 0.5) is 4.79 Å². The first kappa shape index (κ1) is 8.39. The lowest BCUT2D eigenvalue weighted by atomic mass is 10.5. The molecule has 0 bridgehead atoms. The summed E-state index contributed by atoms with van der Waals surface area (Å²) in [7, 11) is 0. The molecule has 3 nitrogen and oxygen atoms in total. The number of carboxylic acid groups (broad SMARTS) is 1. The quantitative estimate of drug-likeness (QED) is 0.553. The van der Waals surface area contributed by atoms with Gasteiger partial charge in [0.1, 0.15) is 0 Å². The summed E-state index contributed by atoms with van der Waals surface area (Å²) in [5, 5.41) is 8.37. The van der Waals surface area contributed by atoms with E-state index in [4.69, 9.17) is 18.0 Å². The molecule has 0 atom stereocenters. The van der Waals surface area contributed by atoms with Crippen molar-refractivity contribution in [1.29, 1.82) is 0 Å². The Hall–Kier alpha value is -1.61. The Balaban J connectivity index is 3.90. The highest BCUT2D eigenvalue weighted by molar-refractivity contribution is 5.65. The minimum absolute atomic E-state index is 0.0412. The molecule has 0 aromatic heterocycles. The molecule has 0 aliphatic rings. The van der Waals surface area contributed by atoms with Crippen LogP contribution in [0.1, 0.15) is 0 Å². The summed E-state index contributed by atoms with van der Waals surface area (Å²) in [4.78, 5) is 11.2. The molecule has 0 fully saturated rings. The van der Waals surface area contributed by atoms with Crippen LogP contribution in [0.3, 0.4) is 0 Å². The van der Waals surface area contributed by atoms with E-state index in [9.17, 15) is 4.79 Å². The summed E-state index contributed by atoms with van der Waals surface area (Å²) in [6.45, 7) is 0.0824. The zero-order chi connectivity index (χ0) is 7.98. The van der Waals surface area contributed by atoms with Crippen molar-refractivity contribution < 1.29 is 9.90 Å². The van der Waals surface area contributed by atoms with Crippen molar-refractivity contribution in [1.82, 2.24) is 4.90 Å². The second-order valence-corrected chi connectivity index (χ2v) is 1.55. The van der Waals surface area contributed by atoms with Crippen LogP contribution in [0, 0.1) is 24.7 Å². The zero-order valence-corrected chi connectivity index (χ0v) is 5.37. The fourth-order valence-electron chi connectivity index (χ4n) is 0.412. The fraction of sp³-hybridized carbons (Fsp3) is 0.286. The van der Waals surface area contributed by atoms with E-state index in [1.54, 1.807) is 0 Å². The predicted molar refractivity (Wildman–Crippen MR) is 37.3 cm³/mol. The first-order valence-electron chi connectivity index (χ1n) is 2.57. The largest absolute Gasteiger partial charge is 0.465 e. The van der Waals surface area contributed by atoms with E-state index in [-0.39, 0.29) is 13.1 Å². The molecule has 0 aromatic rings. The maximum absolute atomic E-state index is 10.2. The molecule has 0 rings (SSSR count). The van der Waals surface area contributed by atoms with Gasteiger partial charge in [0.05, 0.1) is 13.1 Å². The number of hydrogen-bond acceptors (Lipinski definition) is 1.